The van der Waals surface area contributed by atoms with Gasteiger partial charge in [0.15, 0.2) is 5.78 Å². The van der Waals surface area contributed by atoms with E-state index in [0.29, 0.717) is 25.0 Å². The molecule has 5 nitrogen and oxygen atoms in total. The lowest BCUT2D eigenvalue weighted by Crippen LogP contribution is -2.25. The van der Waals surface area contributed by atoms with Gasteiger partial charge in [0.1, 0.15) is 17.6 Å². The van der Waals surface area contributed by atoms with Crippen molar-refractivity contribution in [3.63, 3.8) is 0 Å². The van der Waals surface area contributed by atoms with Crippen LogP contribution in [0.5, 0.6) is 11.5 Å². The molecule has 0 aromatic heterocycles. The molecule has 33 heavy (non-hydrogen) atoms. The van der Waals surface area contributed by atoms with Crippen LogP contribution in [-0.2, 0) is 11.2 Å². The van der Waals surface area contributed by atoms with E-state index in [-0.39, 0.29) is 17.5 Å². The molecule has 0 heterocycles. The zero-order valence-electron chi connectivity index (χ0n) is 21.3. The number of hydrogen-bond donors (Lipinski definition) is 3. The zero-order valence-corrected chi connectivity index (χ0v) is 21.3. The minimum absolute atomic E-state index is 0.143. The second-order valence-electron chi connectivity index (χ2n) is 9.38. The van der Waals surface area contributed by atoms with Crippen LogP contribution in [0.25, 0.3) is 0 Å². The molecule has 0 bridgehead atoms. The molecule has 5 heteroatoms. The summed E-state index contributed by atoms with van der Waals surface area (Å²) in [6.45, 7) is 11.4. The predicted molar refractivity (Wildman–Crippen MR) is 135 cm³/mol. The van der Waals surface area contributed by atoms with Gasteiger partial charge >= 0.3 is 0 Å². The number of carbonyl (C=O) groups excluding carboxylic acids is 1. The molecule has 0 amide bonds. The van der Waals surface area contributed by atoms with E-state index in [1.807, 2.05) is 59.8 Å². The number of aliphatic hydroxyl groups excluding tert-OH is 2. The number of hydrogen-bond acceptors (Lipinski definition) is 5. The zero-order chi connectivity index (χ0) is 25.1. The molecule has 184 valence electrons. The van der Waals surface area contributed by atoms with Crippen molar-refractivity contribution < 1.29 is 24.9 Å². The molecule has 0 radical (unpaired) electrons. The highest BCUT2D eigenvalue weighted by Crippen LogP contribution is 2.28. The number of allylic oxidation sites excluding steroid dienone is 3. The molecule has 0 unspecified atom stereocenters. The maximum Gasteiger partial charge on any atom is 0.167 e. The van der Waals surface area contributed by atoms with Crippen molar-refractivity contribution in [2.45, 2.75) is 85.9 Å². The van der Waals surface area contributed by atoms with Gasteiger partial charge in [0.25, 0.3) is 0 Å². The second kappa shape index (κ2) is 14.0. The maximum atomic E-state index is 12.2. The minimum Gasteiger partial charge on any atom is -0.507 e. The van der Waals surface area contributed by atoms with Gasteiger partial charge in [-0.25, -0.2) is 0 Å². The number of aryl methyl sites for hydroxylation is 1. The van der Waals surface area contributed by atoms with Crippen LogP contribution < -0.4 is 4.74 Å². The summed E-state index contributed by atoms with van der Waals surface area (Å²) in [5.41, 5.74) is 4.62. The van der Waals surface area contributed by atoms with Crippen LogP contribution in [0, 0.1) is 12.8 Å². The fraction of sp³-hybridized carbons (Fsp3) is 0.536. The Morgan fingerprint density at radius 3 is 2.36 bits per heavy atom. The van der Waals surface area contributed by atoms with Gasteiger partial charge in [-0.15, -0.1) is 0 Å². The predicted octanol–water partition coefficient (Wildman–Crippen LogP) is 5.60. The summed E-state index contributed by atoms with van der Waals surface area (Å²) in [5, 5.41) is 30.7. The topological polar surface area (TPSA) is 87.0 Å². The molecule has 3 N–H and O–H groups in total. The number of phenolic OH excluding ortho intramolecular Hbond substituents is 1. The number of carbonyl (C=O) groups is 1. The van der Waals surface area contributed by atoms with Gasteiger partial charge < -0.3 is 20.1 Å². The quantitative estimate of drug-likeness (QED) is 0.335. The highest BCUT2D eigenvalue weighted by molar-refractivity contribution is 5.86. The third-order valence-corrected chi connectivity index (χ3v) is 5.74. The first-order chi connectivity index (χ1) is 15.4. The molecular weight excluding hydrogens is 416 g/mol. The molecule has 0 saturated carbocycles. The van der Waals surface area contributed by atoms with Crippen LogP contribution in [0.2, 0.25) is 0 Å². The van der Waals surface area contributed by atoms with Gasteiger partial charge in [-0.2, -0.15) is 0 Å². The van der Waals surface area contributed by atoms with E-state index in [0.717, 1.165) is 40.7 Å². The third-order valence-electron chi connectivity index (χ3n) is 5.74. The Labute approximate surface area is 199 Å². The van der Waals surface area contributed by atoms with Gasteiger partial charge in [-0.05, 0) is 84.4 Å². The standard InChI is InChI=1S/C28H42O5/c1-18(2)13-26(30)28(32)21(5)10-8-9-19(3)14-24(29)15-20(4)11-12-23-17-25(33-7)16-22(6)27(23)31/h11,13-14,16-17,21,24,26,29-31H,8-10,12,15H2,1-7H3/t21-,24+,26-/m1/s1. The van der Waals surface area contributed by atoms with Crippen molar-refractivity contribution in [1.29, 1.82) is 0 Å². The fourth-order valence-corrected chi connectivity index (χ4v) is 3.78. The van der Waals surface area contributed by atoms with Gasteiger partial charge in [0.05, 0.1) is 13.2 Å². The maximum absolute atomic E-state index is 12.2. The van der Waals surface area contributed by atoms with E-state index < -0.39 is 12.2 Å². The van der Waals surface area contributed by atoms with E-state index >= 15 is 0 Å². The molecule has 1 aromatic carbocycles. The Bertz CT molecular complexity index is 875. The molecule has 0 aliphatic heterocycles. The number of phenols is 1. The number of Topliss-reactive ketones (excluding diaryl/α,β-unsaturated/α-hetero) is 1. The number of ether oxygens (including phenoxy) is 1. The molecule has 0 saturated heterocycles. The highest BCUT2D eigenvalue weighted by Gasteiger charge is 2.19. The van der Waals surface area contributed by atoms with Gasteiger partial charge in [0, 0.05) is 11.5 Å². The monoisotopic (exact) mass is 458 g/mol. The molecule has 0 aliphatic carbocycles. The van der Waals surface area contributed by atoms with Gasteiger partial charge in [0.2, 0.25) is 0 Å². The lowest BCUT2D eigenvalue weighted by atomic mass is 9.93. The first-order valence-electron chi connectivity index (χ1n) is 11.7. The van der Waals surface area contributed by atoms with Gasteiger partial charge in [-0.3, -0.25) is 4.79 Å². The third kappa shape index (κ3) is 10.4. The van der Waals surface area contributed by atoms with Crippen molar-refractivity contribution in [1.82, 2.24) is 0 Å². The molecule has 1 rings (SSSR count). The lowest BCUT2D eigenvalue weighted by Gasteiger charge is -2.14. The number of aromatic hydroxyl groups is 1. The summed E-state index contributed by atoms with van der Waals surface area (Å²) in [6.07, 6.45) is 7.28. The Morgan fingerprint density at radius 2 is 1.76 bits per heavy atom. The number of aliphatic hydroxyl groups is 2. The van der Waals surface area contributed by atoms with Crippen molar-refractivity contribution >= 4 is 5.78 Å². The SMILES string of the molecule is COc1cc(C)c(O)c(CC=C(C)C[C@@H](O)C=C(C)CCC[C@@H](C)C(=O)[C@H](O)C=C(C)C)c1. The first-order valence-corrected chi connectivity index (χ1v) is 11.7. The van der Waals surface area contributed by atoms with E-state index in [4.69, 9.17) is 4.74 Å². The van der Waals surface area contributed by atoms with Gasteiger partial charge in [-0.1, -0.05) is 41.9 Å². The van der Waals surface area contributed by atoms with E-state index in [1.165, 1.54) is 0 Å². The minimum atomic E-state index is -1.03. The molecular formula is C28H42O5. The highest BCUT2D eigenvalue weighted by atomic mass is 16.5. The fourth-order valence-electron chi connectivity index (χ4n) is 3.78. The van der Waals surface area contributed by atoms with Crippen LogP contribution in [-0.4, -0.2) is 40.4 Å². The number of benzene rings is 1. The Kier molecular flexibility index (Phi) is 12.2. The van der Waals surface area contributed by atoms with Crippen LogP contribution in [0.4, 0.5) is 0 Å². The average Bonchev–Trinajstić information content (AvgIpc) is 2.73. The van der Waals surface area contributed by atoms with Crippen molar-refractivity contribution in [3.8, 4) is 11.5 Å². The Hall–Kier alpha value is -2.37. The van der Waals surface area contributed by atoms with Crippen LogP contribution in [0.3, 0.4) is 0 Å². The smallest absolute Gasteiger partial charge is 0.167 e. The Balaban J connectivity index is 2.55. The summed E-state index contributed by atoms with van der Waals surface area (Å²) < 4.78 is 5.28. The normalized spacial score (nSPS) is 15.1. The molecule has 0 spiro atoms. The van der Waals surface area contributed by atoms with Crippen LogP contribution in [0.15, 0.2) is 47.1 Å². The van der Waals surface area contributed by atoms with Crippen molar-refractivity contribution in [2.24, 2.45) is 5.92 Å². The molecule has 0 fully saturated rings. The summed E-state index contributed by atoms with van der Waals surface area (Å²) in [4.78, 5) is 12.2. The van der Waals surface area contributed by atoms with Crippen LogP contribution >= 0.6 is 0 Å². The molecule has 1 aromatic rings. The first kappa shape index (κ1) is 28.7. The molecule has 3 atom stereocenters. The van der Waals surface area contributed by atoms with Crippen molar-refractivity contribution in [2.75, 3.05) is 7.11 Å². The second-order valence-corrected chi connectivity index (χ2v) is 9.38. The van der Waals surface area contributed by atoms with Crippen LogP contribution in [0.1, 0.15) is 71.4 Å². The summed E-state index contributed by atoms with van der Waals surface area (Å²) in [5.74, 6) is 0.649. The molecule has 0 aliphatic rings. The number of methoxy groups -OCH3 is 1. The average molecular weight is 459 g/mol. The Morgan fingerprint density at radius 1 is 1.09 bits per heavy atom. The number of ketones is 1. The van der Waals surface area contributed by atoms with E-state index in [1.54, 1.807) is 19.3 Å². The summed E-state index contributed by atoms with van der Waals surface area (Å²) >= 11 is 0. The largest absolute Gasteiger partial charge is 0.507 e. The van der Waals surface area contributed by atoms with E-state index in [9.17, 15) is 20.1 Å². The van der Waals surface area contributed by atoms with E-state index in [2.05, 4.69) is 0 Å². The number of rotatable bonds is 13. The summed E-state index contributed by atoms with van der Waals surface area (Å²) in [7, 11) is 1.61. The summed E-state index contributed by atoms with van der Waals surface area (Å²) in [6, 6.07) is 3.63. The lowest BCUT2D eigenvalue weighted by molar-refractivity contribution is -0.128. The van der Waals surface area contributed by atoms with Crippen molar-refractivity contribution in [3.05, 3.63) is 58.2 Å².